The minimum absolute atomic E-state index is 0.106. The van der Waals surface area contributed by atoms with Gasteiger partial charge in [-0.25, -0.2) is 0 Å². The number of ketones is 1. The lowest BCUT2D eigenvalue weighted by Crippen LogP contribution is -2.38. The number of hydrogen-bond acceptors (Lipinski definition) is 2. The first kappa shape index (κ1) is 16.9. The molecule has 0 amide bonds. The largest absolute Gasteiger partial charge is 0.382 e. The predicted molar refractivity (Wildman–Crippen MR) is 84.0 cm³/mol. The maximum absolute atomic E-state index is 12.6. The summed E-state index contributed by atoms with van der Waals surface area (Å²) in [5.41, 5.74) is -0.547. The molecule has 112 valence electrons. The number of aliphatic hydroxyl groups is 1. The van der Waals surface area contributed by atoms with Gasteiger partial charge in [0.15, 0.2) is 5.78 Å². The van der Waals surface area contributed by atoms with Gasteiger partial charge in [-0.1, -0.05) is 82.7 Å². The fourth-order valence-corrected chi connectivity index (χ4v) is 2.55. The van der Waals surface area contributed by atoms with E-state index in [0.29, 0.717) is 18.4 Å². The van der Waals surface area contributed by atoms with Crippen molar-refractivity contribution in [2.75, 3.05) is 0 Å². The van der Waals surface area contributed by atoms with Gasteiger partial charge in [0.1, 0.15) is 5.60 Å². The molecule has 0 atom stereocenters. The van der Waals surface area contributed by atoms with Crippen LogP contribution in [-0.2, 0) is 0 Å². The maximum Gasteiger partial charge on any atom is 0.194 e. The minimum Gasteiger partial charge on any atom is -0.382 e. The van der Waals surface area contributed by atoms with Gasteiger partial charge in [0.2, 0.25) is 0 Å². The lowest BCUT2D eigenvalue weighted by molar-refractivity contribution is 0.0198. The minimum atomic E-state index is -1.17. The molecule has 0 heterocycles. The topological polar surface area (TPSA) is 37.3 Å². The van der Waals surface area contributed by atoms with Gasteiger partial charge in [0.05, 0.1) is 0 Å². The highest BCUT2D eigenvalue weighted by atomic mass is 16.3. The molecular formula is C18H28O2. The van der Waals surface area contributed by atoms with E-state index in [9.17, 15) is 9.90 Å². The molecule has 0 spiro atoms. The SMILES string of the molecule is CCCCCC(O)(CCCCC)C(=O)c1ccccc1. The third-order valence-corrected chi connectivity index (χ3v) is 3.85. The van der Waals surface area contributed by atoms with E-state index in [1.54, 1.807) is 12.1 Å². The van der Waals surface area contributed by atoms with Gasteiger partial charge < -0.3 is 5.11 Å². The number of unbranched alkanes of at least 4 members (excludes halogenated alkanes) is 4. The first-order valence-corrected chi connectivity index (χ1v) is 7.96. The average molecular weight is 276 g/mol. The van der Waals surface area contributed by atoms with Crippen molar-refractivity contribution >= 4 is 5.78 Å². The molecule has 0 aliphatic carbocycles. The number of benzene rings is 1. The van der Waals surface area contributed by atoms with Crippen molar-refractivity contribution in [2.24, 2.45) is 0 Å². The van der Waals surface area contributed by atoms with Gasteiger partial charge in [-0.2, -0.15) is 0 Å². The van der Waals surface area contributed by atoms with Crippen LogP contribution in [0.25, 0.3) is 0 Å². The summed E-state index contributed by atoms with van der Waals surface area (Å²) in [6.07, 6.45) is 7.33. The lowest BCUT2D eigenvalue weighted by atomic mass is 9.83. The van der Waals surface area contributed by atoms with E-state index in [-0.39, 0.29) is 5.78 Å². The summed E-state index contributed by atoms with van der Waals surface area (Å²) in [6.45, 7) is 4.27. The Morgan fingerprint density at radius 1 is 0.950 bits per heavy atom. The molecule has 2 nitrogen and oxygen atoms in total. The Bertz CT molecular complexity index is 374. The molecule has 20 heavy (non-hydrogen) atoms. The molecule has 1 rings (SSSR count). The molecule has 0 radical (unpaired) electrons. The first-order chi connectivity index (χ1) is 9.64. The molecule has 0 fully saturated rings. The second kappa shape index (κ2) is 8.91. The van der Waals surface area contributed by atoms with Gasteiger partial charge in [0, 0.05) is 5.56 Å². The van der Waals surface area contributed by atoms with Gasteiger partial charge in [-0.3, -0.25) is 4.79 Å². The molecule has 0 unspecified atom stereocenters. The van der Waals surface area contributed by atoms with Crippen molar-refractivity contribution in [3.05, 3.63) is 35.9 Å². The van der Waals surface area contributed by atoms with Crippen LogP contribution in [0.1, 0.15) is 75.6 Å². The molecule has 0 saturated heterocycles. The number of hydrogen-bond donors (Lipinski definition) is 1. The lowest BCUT2D eigenvalue weighted by Gasteiger charge is -2.27. The molecule has 1 N–H and O–H groups in total. The van der Waals surface area contributed by atoms with Crippen LogP contribution in [0, 0.1) is 0 Å². The van der Waals surface area contributed by atoms with Crippen molar-refractivity contribution in [1.82, 2.24) is 0 Å². The van der Waals surface area contributed by atoms with Crippen molar-refractivity contribution in [1.29, 1.82) is 0 Å². The fourth-order valence-electron chi connectivity index (χ4n) is 2.55. The van der Waals surface area contributed by atoms with Crippen LogP contribution in [0.4, 0.5) is 0 Å². The number of Topliss-reactive ketones (excluding diaryl/α,β-unsaturated/α-hetero) is 1. The van der Waals surface area contributed by atoms with Gasteiger partial charge in [0.25, 0.3) is 0 Å². The summed E-state index contributed by atoms with van der Waals surface area (Å²) in [7, 11) is 0. The van der Waals surface area contributed by atoms with E-state index in [4.69, 9.17) is 0 Å². The maximum atomic E-state index is 12.6. The Labute approximate surface area is 123 Å². The van der Waals surface area contributed by atoms with Crippen molar-refractivity contribution < 1.29 is 9.90 Å². The summed E-state index contributed by atoms with van der Waals surface area (Å²) >= 11 is 0. The molecule has 2 heteroatoms. The van der Waals surface area contributed by atoms with E-state index in [1.165, 1.54) is 0 Å². The summed E-state index contributed by atoms with van der Waals surface area (Å²) in [5.74, 6) is -0.106. The molecule has 0 aliphatic heterocycles. The van der Waals surface area contributed by atoms with Crippen LogP contribution < -0.4 is 0 Å². The summed E-state index contributed by atoms with van der Waals surface area (Å²) in [4.78, 5) is 12.6. The van der Waals surface area contributed by atoms with E-state index >= 15 is 0 Å². The van der Waals surface area contributed by atoms with Crippen LogP contribution >= 0.6 is 0 Å². The molecule has 0 bridgehead atoms. The zero-order valence-electron chi connectivity index (χ0n) is 12.9. The quantitative estimate of drug-likeness (QED) is 0.494. The number of carbonyl (C=O) groups is 1. The van der Waals surface area contributed by atoms with Crippen molar-refractivity contribution in [3.63, 3.8) is 0 Å². The molecule has 1 aromatic rings. The Kier molecular flexibility index (Phi) is 7.53. The fraction of sp³-hybridized carbons (Fsp3) is 0.611. The Morgan fingerprint density at radius 2 is 1.45 bits per heavy atom. The Hall–Kier alpha value is -1.15. The van der Waals surface area contributed by atoms with Crippen LogP contribution in [-0.4, -0.2) is 16.5 Å². The zero-order valence-corrected chi connectivity index (χ0v) is 12.9. The first-order valence-electron chi connectivity index (χ1n) is 7.96. The normalized spacial score (nSPS) is 11.6. The van der Waals surface area contributed by atoms with Crippen LogP contribution in [0.3, 0.4) is 0 Å². The Morgan fingerprint density at radius 3 is 1.90 bits per heavy atom. The number of rotatable bonds is 10. The molecule has 0 aromatic heterocycles. The predicted octanol–water partition coefficient (Wildman–Crippen LogP) is 4.76. The van der Waals surface area contributed by atoms with Crippen LogP contribution in [0.15, 0.2) is 30.3 Å². The summed E-state index contributed by atoms with van der Waals surface area (Å²) in [6, 6.07) is 9.20. The summed E-state index contributed by atoms with van der Waals surface area (Å²) in [5, 5.41) is 10.8. The average Bonchev–Trinajstić information content (AvgIpc) is 2.48. The van der Waals surface area contributed by atoms with Crippen molar-refractivity contribution in [2.45, 2.75) is 70.8 Å². The smallest absolute Gasteiger partial charge is 0.194 e. The highest BCUT2D eigenvalue weighted by Gasteiger charge is 2.34. The van der Waals surface area contributed by atoms with E-state index in [1.807, 2.05) is 18.2 Å². The second-order valence-corrected chi connectivity index (χ2v) is 5.64. The van der Waals surface area contributed by atoms with Gasteiger partial charge in [-0.15, -0.1) is 0 Å². The summed E-state index contributed by atoms with van der Waals surface area (Å²) < 4.78 is 0. The van der Waals surface area contributed by atoms with E-state index < -0.39 is 5.60 Å². The third kappa shape index (κ3) is 5.09. The van der Waals surface area contributed by atoms with Crippen LogP contribution in [0.2, 0.25) is 0 Å². The monoisotopic (exact) mass is 276 g/mol. The Balaban J connectivity index is 2.76. The van der Waals surface area contributed by atoms with Crippen LogP contribution in [0.5, 0.6) is 0 Å². The molecule has 0 saturated carbocycles. The standard InChI is InChI=1S/C18H28O2/c1-3-5-10-14-18(20,15-11-6-4-2)17(19)16-12-8-7-9-13-16/h7-9,12-13,20H,3-6,10-11,14-15H2,1-2H3. The third-order valence-electron chi connectivity index (χ3n) is 3.85. The van der Waals surface area contributed by atoms with E-state index in [0.717, 1.165) is 38.5 Å². The zero-order chi connectivity index (χ0) is 14.8. The molecule has 1 aromatic carbocycles. The second-order valence-electron chi connectivity index (χ2n) is 5.64. The van der Waals surface area contributed by atoms with E-state index in [2.05, 4.69) is 13.8 Å². The highest BCUT2D eigenvalue weighted by molar-refractivity contribution is 6.02. The highest BCUT2D eigenvalue weighted by Crippen LogP contribution is 2.26. The molecule has 0 aliphatic rings. The van der Waals surface area contributed by atoms with Gasteiger partial charge >= 0.3 is 0 Å². The van der Waals surface area contributed by atoms with Crippen molar-refractivity contribution in [3.8, 4) is 0 Å². The number of carbonyl (C=O) groups excluding carboxylic acids is 1. The van der Waals surface area contributed by atoms with Gasteiger partial charge in [-0.05, 0) is 12.8 Å². The molecular weight excluding hydrogens is 248 g/mol.